The fourth-order valence-corrected chi connectivity index (χ4v) is 3.99. The fourth-order valence-electron chi connectivity index (χ4n) is 2.17. The summed E-state index contributed by atoms with van der Waals surface area (Å²) >= 11 is 6.02. The summed E-state index contributed by atoms with van der Waals surface area (Å²) in [7, 11) is -2.94. The first-order valence-electron chi connectivity index (χ1n) is 6.68. The summed E-state index contributed by atoms with van der Waals surface area (Å²) in [5.41, 5.74) is -0.208. The van der Waals surface area contributed by atoms with Gasteiger partial charge in [0.2, 0.25) is 0 Å². The minimum atomic E-state index is -2.94. The van der Waals surface area contributed by atoms with Gasteiger partial charge in [-0.15, -0.1) is 0 Å². The quantitative estimate of drug-likeness (QED) is 0.848. The van der Waals surface area contributed by atoms with Gasteiger partial charge in [0.05, 0.1) is 11.5 Å². The highest BCUT2D eigenvalue weighted by Gasteiger charge is 2.25. The molecule has 0 aromatic carbocycles. The van der Waals surface area contributed by atoms with E-state index in [1.165, 1.54) is 0 Å². The maximum absolute atomic E-state index is 11.6. The lowest BCUT2D eigenvalue weighted by Gasteiger charge is -2.24. The number of rotatable bonds is 2. The first kappa shape index (κ1) is 15.5. The normalized spacial score (nSPS) is 22.5. The Morgan fingerprint density at radius 3 is 2.65 bits per heavy atom. The summed E-state index contributed by atoms with van der Waals surface area (Å²) < 4.78 is 23.3. The molecule has 1 unspecified atom stereocenters. The molecule has 1 aliphatic rings. The molecule has 7 heteroatoms. The van der Waals surface area contributed by atoms with Crippen molar-refractivity contribution in [3.63, 3.8) is 0 Å². The summed E-state index contributed by atoms with van der Waals surface area (Å²) in [6.45, 7) is 6.02. The first-order chi connectivity index (χ1) is 9.16. The van der Waals surface area contributed by atoms with Crippen molar-refractivity contribution in [2.75, 3.05) is 16.8 Å². The van der Waals surface area contributed by atoms with Gasteiger partial charge in [-0.1, -0.05) is 32.4 Å². The van der Waals surface area contributed by atoms with Crippen molar-refractivity contribution in [1.29, 1.82) is 0 Å². The summed E-state index contributed by atoms with van der Waals surface area (Å²) in [6.07, 6.45) is 1.51. The number of nitrogens with one attached hydrogen (secondary N) is 1. The Morgan fingerprint density at radius 2 is 2.05 bits per heavy atom. The maximum atomic E-state index is 11.6. The zero-order chi connectivity index (χ0) is 15.0. The fraction of sp³-hybridized carbons (Fsp3) is 0.692. The van der Waals surface area contributed by atoms with Crippen molar-refractivity contribution < 1.29 is 8.42 Å². The van der Waals surface area contributed by atoms with Crippen LogP contribution in [-0.4, -0.2) is 35.9 Å². The van der Waals surface area contributed by atoms with Gasteiger partial charge in [0.1, 0.15) is 16.8 Å². The second-order valence-electron chi connectivity index (χ2n) is 6.25. The van der Waals surface area contributed by atoms with Gasteiger partial charge in [-0.2, -0.15) is 0 Å². The van der Waals surface area contributed by atoms with Gasteiger partial charge in [-0.3, -0.25) is 0 Å². The van der Waals surface area contributed by atoms with Gasteiger partial charge >= 0.3 is 0 Å². The van der Waals surface area contributed by atoms with Crippen LogP contribution in [0.1, 0.15) is 39.4 Å². The molecule has 112 valence electrons. The molecule has 2 rings (SSSR count). The number of sulfone groups is 1. The Bertz CT molecular complexity index is 596. The molecule has 0 saturated carbocycles. The van der Waals surface area contributed by atoms with E-state index in [4.69, 9.17) is 11.6 Å². The highest BCUT2D eigenvalue weighted by atomic mass is 35.5. The summed E-state index contributed by atoms with van der Waals surface area (Å²) in [5.74, 6) is 1.67. The molecule has 1 aliphatic heterocycles. The van der Waals surface area contributed by atoms with E-state index in [-0.39, 0.29) is 23.0 Å². The minimum absolute atomic E-state index is 0.104. The number of nitrogens with zero attached hydrogens (tertiary/aromatic N) is 2. The van der Waals surface area contributed by atoms with E-state index >= 15 is 0 Å². The SMILES string of the molecule is CC(C)(C)c1nc(Cl)cc(NC2CCCS(=O)(=O)C2)n1. The third-order valence-electron chi connectivity index (χ3n) is 3.18. The molecule has 1 aromatic heterocycles. The molecule has 0 bridgehead atoms. The van der Waals surface area contributed by atoms with Crippen molar-refractivity contribution in [2.45, 2.75) is 45.1 Å². The molecule has 0 amide bonds. The Kier molecular flexibility index (Phi) is 4.25. The number of anilines is 1. The highest BCUT2D eigenvalue weighted by Crippen LogP contribution is 2.23. The molecule has 1 fully saturated rings. The van der Waals surface area contributed by atoms with Crippen LogP contribution < -0.4 is 5.32 Å². The molecule has 1 saturated heterocycles. The first-order valence-corrected chi connectivity index (χ1v) is 8.88. The van der Waals surface area contributed by atoms with Crippen LogP contribution in [0.4, 0.5) is 5.82 Å². The molecular weight excluding hydrogens is 298 g/mol. The topological polar surface area (TPSA) is 72.0 Å². The van der Waals surface area contributed by atoms with Crippen LogP contribution in [-0.2, 0) is 15.3 Å². The summed E-state index contributed by atoms with van der Waals surface area (Å²) in [4.78, 5) is 8.67. The molecule has 1 N–H and O–H groups in total. The average Bonchev–Trinajstić information content (AvgIpc) is 2.25. The second kappa shape index (κ2) is 5.48. The average molecular weight is 318 g/mol. The van der Waals surface area contributed by atoms with Crippen LogP contribution in [0.5, 0.6) is 0 Å². The smallest absolute Gasteiger partial charge is 0.152 e. The van der Waals surface area contributed by atoms with Gasteiger partial charge < -0.3 is 5.32 Å². The number of hydrogen-bond acceptors (Lipinski definition) is 5. The van der Waals surface area contributed by atoms with Crippen LogP contribution in [0, 0.1) is 0 Å². The third kappa shape index (κ3) is 4.06. The molecule has 0 radical (unpaired) electrons. The van der Waals surface area contributed by atoms with Gasteiger partial charge in [-0.25, -0.2) is 18.4 Å². The van der Waals surface area contributed by atoms with E-state index in [1.54, 1.807) is 6.07 Å². The van der Waals surface area contributed by atoms with Gasteiger partial charge in [0.15, 0.2) is 9.84 Å². The molecule has 2 heterocycles. The van der Waals surface area contributed by atoms with Crippen molar-refractivity contribution >= 4 is 27.3 Å². The Morgan fingerprint density at radius 1 is 1.35 bits per heavy atom. The Balaban J connectivity index is 2.19. The maximum Gasteiger partial charge on any atom is 0.152 e. The predicted octanol–water partition coefficient (Wildman–Crippen LogP) is 2.42. The standard InChI is InChI=1S/C13H20ClN3O2S/c1-13(2,3)12-16-10(14)7-11(17-12)15-9-5-4-6-20(18,19)8-9/h7,9H,4-6,8H2,1-3H3,(H,15,16,17). The molecule has 1 atom stereocenters. The Labute approximate surface area is 125 Å². The van der Waals surface area contributed by atoms with E-state index in [0.717, 1.165) is 6.42 Å². The monoisotopic (exact) mass is 317 g/mol. The van der Waals surface area contributed by atoms with Crippen LogP contribution >= 0.6 is 11.6 Å². The zero-order valence-corrected chi connectivity index (χ0v) is 13.6. The molecule has 1 aromatic rings. The van der Waals surface area contributed by atoms with Crippen molar-refractivity contribution in [2.24, 2.45) is 0 Å². The van der Waals surface area contributed by atoms with Crippen molar-refractivity contribution in [1.82, 2.24) is 9.97 Å². The van der Waals surface area contributed by atoms with Gasteiger partial charge in [0, 0.05) is 17.5 Å². The van der Waals surface area contributed by atoms with Crippen molar-refractivity contribution in [3.8, 4) is 0 Å². The lowest BCUT2D eigenvalue weighted by atomic mass is 9.96. The summed E-state index contributed by atoms with van der Waals surface area (Å²) in [6, 6.07) is 1.53. The largest absolute Gasteiger partial charge is 0.366 e. The van der Waals surface area contributed by atoms with Gasteiger partial charge in [-0.05, 0) is 12.8 Å². The highest BCUT2D eigenvalue weighted by molar-refractivity contribution is 7.91. The summed E-state index contributed by atoms with van der Waals surface area (Å²) in [5, 5.41) is 3.54. The van der Waals surface area contributed by atoms with E-state index in [2.05, 4.69) is 15.3 Å². The van der Waals surface area contributed by atoms with E-state index < -0.39 is 9.84 Å². The van der Waals surface area contributed by atoms with E-state index in [9.17, 15) is 8.42 Å². The van der Waals surface area contributed by atoms with Crippen LogP contribution in [0.15, 0.2) is 6.07 Å². The molecule has 0 aliphatic carbocycles. The van der Waals surface area contributed by atoms with Crippen LogP contribution in [0.3, 0.4) is 0 Å². The van der Waals surface area contributed by atoms with Crippen LogP contribution in [0.2, 0.25) is 5.15 Å². The van der Waals surface area contributed by atoms with E-state index in [1.807, 2.05) is 20.8 Å². The van der Waals surface area contributed by atoms with E-state index in [0.29, 0.717) is 23.2 Å². The predicted molar refractivity (Wildman–Crippen MR) is 81.0 cm³/mol. The molecule has 5 nitrogen and oxygen atoms in total. The minimum Gasteiger partial charge on any atom is -0.366 e. The number of aromatic nitrogens is 2. The lowest BCUT2D eigenvalue weighted by molar-refractivity contribution is 0.543. The second-order valence-corrected chi connectivity index (χ2v) is 8.86. The zero-order valence-electron chi connectivity index (χ0n) is 12.0. The number of hydrogen-bond donors (Lipinski definition) is 1. The van der Waals surface area contributed by atoms with Gasteiger partial charge in [0.25, 0.3) is 0 Å². The molecule has 0 spiro atoms. The van der Waals surface area contributed by atoms with Crippen molar-refractivity contribution in [3.05, 3.63) is 17.0 Å². The molecular formula is C13H20ClN3O2S. The third-order valence-corrected chi connectivity index (χ3v) is 5.20. The lowest BCUT2D eigenvalue weighted by Crippen LogP contribution is -2.35. The molecule has 20 heavy (non-hydrogen) atoms. The number of halogens is 1. The Hall–Kier alpha value is -0.880. The van der Waals surface area contributed by atoms with Crippen LogP contribution in [0.25, 0.3) is 0 Å².